The Morgan fingerprint density at radius 3 is 2.67 bits per heavy atom. The molecule has 1 heterocycles. The van der Waals surface area contributed by atoms with Crippen LogP contribution in [0.3, 0.4) is 0 Å². The number of phenols is 1. The van der Waals surface area contributed by atoms with Gasteiger partial charge in [-0.3, -0.25) is 14.9 Å². The van der Waals surface area contributed by atoms with Crippen LogP contribution in [0.25, 0.3) is 6.08 Å². The lowest BCUT2D eigenvalue weighted by Crippen LogP contribution is -2.18. The fourth-order valence-corrected chi connectivity index (χ4v) is 2.73. The summed E-state index contributed by atoms with van der Waals surface area (Å²) in [5.41, 5.74) is -0.392. The van der Waals surface area contributed by atoms with Crippen LogP contribution in [0.1, 0.15) is 12.5 Å². The lowest BCUT2D eigenvalue weighted by Gasteiger charge is -2.19. The molecule has 0 radical (unpaired) electrons. The molecule has 2 aromatic carbocycles. The minimum atomic E-state index is -0.844. The molecule has 0 aliphatic carbocycles. The first-order valence-electron chi connectivity index (χ1n) is 8.90. The standard InChI is InChI=1S/C20H17N3O7/c1-2-28-17-8-12(3-4-16(17)24)7-13(11-21)20(25)22-14-9-18-19(30-6-5-29-18)10-15(14)23(26)27/h3-4,7-10,24H,2,5-6H2,1H3,(H,22,25)/b13-7+. The Hall–Kier alpha value is -4.26. The number of benzene rings is 2. The van der Waals surface area contributed by atoms with Gasteiger partial charge < -0.3 is 24.6 Å². The van der Waals surface area contributed by atoms with E-state index in [0.717, 1.165) is 6.07 Å². The number of amides is 1. The molecule has 0 spiro atoms. The SMILES string of the molecule is CCOc1cc(/C=C(\C#N)C(=O)Nc2cc3c(cc2[N+](=O)[O-])OCCO3)ccc1O. The highest BCUT2D eigenvalue weighted by atomic mass is 16.6. The van der Waals surface area contributed by atoms with E-state index in [4.69, 9.17) is 14.2 Å². The Balaban J connectivity index is 1.90. The number of nitriles is 1. The summed E-state index contributed by atoms with van der Waals surface area (Å²) < 4.78 is 16.0. The number of carbonyl (C=O) groups is 1. The molecule has 10 heteroatoms. The summed E-state index contributed by atoms with van der Waals surface area (Å²) in [5.74, 6) is -0.266. The van der Waals surface area contributed by atoms with Gasteiger partial charge in [0.2, 0.25) is 0 Å². The van der Waals surface area contributed by atoms with Crippen LogP contribution in [0.2, 0.25) is 0 Å². The number of nitro benzene ring substituents is 1. The highest BCUT2D eigenvalue weighted by Crippen LogP contribution is 2.39. The number of hydrogen-bond donors (Lipinski definition) is 2. The highest BCUT2D eigenvalue weighted by Gasteiger charge is 2.24. The van der Waals surface area contributed by atoms with Crippen molar-refractivity contribution in [2.75, 3.05) is 25.1 Å². The highest BCUT2D eigenvalue weighted by molar-refractivity contribution is 6.10. The largest absolute Gasteiger partial charge is 0.504 e. The Morgan fingerprint density at radius 2 is 2.03 bits per heavy atom. The van der Waals surface area contributed by atoms with Gasteiger partial charge in [-0.25, -0.2) is 0 Å². The van der Waals surface area contributed by atoms with E-state index in [1.807, 2.05) is 0 Å². The van der Waals surface area contributed by atoms with Gasteiger partial charge in [-0.2, -0.15) is 5.26 Å². The number of hydrogen-bond acceptors (Lipinski definition) is 8. The van der Waals surface area contributed by atoms with Crippen molar-refractivity contribution in [3.05, 3.63) is 51.6 Å². The van der Waals surface area contributed by atoms with Gasteiger partial charge in [0, 0.05) is 6.07 Å². The molecule has 1 aliphatic heterocycles. The number of nitro groups is 1. The van der Waals surface area contributed by atoms with Crippen LogP contribution in [0.5, 0.6) is 23.0 Å². The van der Waals surface area contributed by atoms with Gasteiger partial charge >= 0.3 is 0 Å². The van der Waals surface area contributed by atoms with Gasteiger partial charge in [-0.15, -0.1) is 0 Å². The smallest absolute Gasteiger partial charge is 0.296 e. The van der Waals surface area contributed by atoms with Crippen molar-refractivity contribution in [1.82, 2.24) is 0 Å². The van der Waals surface area contributed by atoms with Crippen molar-refractivity contribution in [2.45, 2.75) is 6.92 Å². The van der Waals surface area contributed by atoms with E-state index < -0.39 is 16.5 Å². The van der Waals surface area contributed by atoms with Gasteiger partial charge in [0.15, 0.2) is 23.0 Å². The van der Waals surface area contributed by atoms with Crippen molar-refractivity contribution in [1.29, 1.82) is 5.26 Å². The average molecular weight is 411 g/mol. The monoisotopic (exact) mass is 411 g/mol. The third-order valence-electron chi connectivity index (χ3n) is 4.07. The van der Waals surface area contributed by atoms with E-state index in [1.165, 1.54) is 30.3 Å². The molecule has 1 amide bonds. The Kier molecular flexibility index (Phi) is 6.03. The van der Waals surface area contributed by atoms with Crippen LogP contribution < -0.4 is 19.5 Å². The molecule has 3 rings (SSSR count). The Bertz CT molecular complexity index is 1070. The van der Waals surface area contributed by atoms with Crippen molar-refractivity contribution in [3.63, 3.8) is 0 Å². The zero-order valence-corrected chi connectivity index (χ0v) is 15.9. The molecule has 0 saturated heterocycles. The predicted octanol–water partition coefficient (Wildman–Crippen LogP) is 3.02. The maximum absolute atomic E-state index is 12.6. The second-order valence-corrected chi connectivity index (χ2v) is 6.05. The summed E-state index contributed by atoms with van der Waals surface area (Å²) in [4.78, 5) is 23.3. The average Bonchev–Trinajstić information content (AvgIpc) is 2.73. The van der Waals surface area contributed by atoms with Gasteiger partial charge in [0.05, 0.1) is 17.6 Å². The summed E-state index contributed by atoms with van der Waals surface area (Å²) in [5, 5.41) is 32.9. The van der Waals surface area contributed by atoms with Crippen LogP contribution in [-0.2, 0) is 4.79 Å². The Labute approximate surface area is 171 Å². The molecule has 0 aromatic heterocycles. The molecule has 10 nitrogen and oxygen atoms in total. The molecule has 2 aromatic rings. The lowest BCUT2D eigenvalue weighted by molar-refractivity contribution is -0.384. The summed E-state index contributed by atoms with van der Waals surface area (Å²) >= 11 is 0. The summed E-state index contributed by atoms with van der Waals surface area (Å²) in [6.07, 6.45) is 1.28. The minimum Gasteiger partial charge on any atom is -0.504 e. The third-order valence-corrected chi connectivity index (χ3v) is 4.07. The van der Waals surface area contributed by atoms with E-state index >= 15 is 0 Å². The van der Waals surface area contributed by atoms with Crippen molar-refractivity contribution in [2.24, 2.45) is 0 Å². The third kappa shape index (κ3) is 4.41. The van der Waals surface area contributed by atoms with Crippen molar-refractivity contribution in [3.8, 4) is 29.1 Å². The van der Waals surface area contributed by atoms with E-state index in [9.17, 15) is 25.3 Å². The number of anilines is 1. The van der Waals surface area contributed by atoms with Crippen LogP contribution in [0.15, 0.2) is 35.9 Å². The van der Waals surface area contributed by atoms with Crippen LogP contribution in [-0.4, -0.2) is 35.8 Å². The first-order chi connectivity index (χ1) is 14.4. The van der Waals surface area contributed by atoms with Crippen LogP contribution in [0, 0.1) is 21.4 Å². The molecule has 0 unspecified atom stereocenters. The van der Waals surface area contributed by atoms with Gasteiger partial charge in [0.1, 0.15) is 30.5 Å². The molecule has 2 N–H and O–H groups in total. The predicted molar refractivity (Wildman–Crippen MR) is 106 cm³/mol. The normalized spacial score (nSPS) is 12.6. The number of phenolic OH excluding ortho intramolecular Hbond substituents is 1. The maximum atomic E-state index is 12.6. The quantitative estimate of drug-likeness (QED) is 0.319. The zero-order chi connectivity index (χ0) is 21.7. The number of fused-ring (bicyclic) bond motifs is 1. The van der Waals surface area contributed by atoms with E-state index in [2.05, 4.69) is 5.32 Å². The molecule has 1 aliphatic rings. The lowest BCUT2D eigenvalue weighted by atomic mass is 10.1. The number of carbonyl (C=O) groups excluding carboxylic acids is 1. The van der Waals surface area contributed by atoms with Crippen LogP contribution in [0.4, 0.5) is 11.4 Å². The molecule has 30 heavy (non-hydrogen) atoms. The molecule has 0 fully saturated rings. The molecule has 0 saturated carbocycles. The Morgan fingerprint density at radius 1 is 1.33 bits per heavy atom. The number of rotatable bonds is 6. The number of nitrogens with zero attached hydrogens (tertiary/aromatic N) is 2. The van der Waals surface area contributed by atoms with E-state index in [-0.39, 0.29) is 47.5 Å². The zero-order valence-electron chi connectivity index (χ0n) is 15.9. The first kappa shape index (κ1) is 20.5. The topological polar surface area (TPSA) is 144 Å². The van der Waals surface area contributed by atoms with Crippen molar-refractivity contribution >= 4 is 23.4 Å². The summed E-state index contributed by atoms with van der Waals surface area (Å²) in [6, 6.07) is 8.55. The molecule has 0 atom stereocenters. The molecular formula is C20H17N3O7. The molecular weight excluding hydrogens is 394 g/mol. The fraction of sp³-hybridized carbons (Fsp3) is 0.200. The molecule has 154 valence electrons. The van der Waals surface area contributed by atoms with E-state index in [1.54, 1.807) is 13.0 Å². The van der Waals surface area contributed by atoms with Crippen molar-refractivity contribution < 1.29 is 29.0 Å². The summed E-state index contributed by atoms with van der Waals surface area (Å²) in [7, 11) is 0. The van der Waals surface area contributed by atoms with Gasteiger partial charge in [0.25, 0.3) is 11.6 Å². The second kappa shape index (κ2) is 8.83. The minimum absolute atomic E-state index is 0.0798. The summed E-state index contributed by atoms with van der Waals surface area (Å²) in [6.45, 7) is 2.59. The number of aromatic hydroxyl groups is 1. The first-order valence-corrected chi connectivity index (χ1v) is 8.90. The molecule has 0 bridgehead atoms. The number of ether oxygens (including phenoxy) is 3. The number of nitrogens with one attached hydrogen (secondary N) is 1. The fourth-order valence-electron chi connectivity index (χ4n) is 2.73. The maximum Gasteiger partial charge on any atom is 0.296 e. The van der Waals surface area contributed by atoms with Gasteiger partial charge in [-0.05, 0) is 30.7 Å². The second-order valence-electron chi connectivity index (χ2n) is 6.05. The van der Waals surface area contributed by atoms with Gasteiger partial charge in [-0.1, -0.05) is 6.07 Å². The van der Waals surface area contributed by atoms with E-state index in [0.29, 0.717) is 12.2 Å². The van der Waals surface area contributed by atoms with Crippen LogP contribution >= 0.6 is 0 Å².